The summed E-state index contributed by atoms with van der Waals surface area (Å²) < 4.78 is 26.9. The number of sulfonamides is 1. The number of aliphatic hydroxyl groups is 1. The second kappa shape index (κ2) is 6.13. The van der Waals surface area contributed by atoms with Crippen molar-refractivity contribution in [1.29, 1.82) is 0 Å². The Hall–Kier alpha value is -0.0800. The summed E-state index contributed by atoms with van der Waals surface area (Å²) in [5.41, 5.74) is 0. The largest absolute Gasteiger partial charge is 0.391 e. The van der Waals surface area contributed by atoms with Crippen molar-refractivity contribution in [2.24, 2.45) is 0 Å². The smallest absolute Gasteiger partial charge is 0.244 e. The fourth-order valence-electron chi connectivity index (χ4n) is 2.15. The van der Waals surface area contributed by atoms with Crippen LogP contribution in [0.2, 0.25) is 0 Å². The number of nitrogens with zero attached hydrogens (tertiary/aromatic N) is 1. The summed E-state index contributed by atoms with van der Waals surface area (Å²) in [7, 11) is -3.41. The lowest BCUT2D eigenvalue weighted by atomic mass is 10.3. The third-order valence-corrected chi connectivity index (χ3v) is 7.78. The monoisotopic (exact) mass is 321 g/mol. The molecule has 2 rings (SSSR count). The standard InChI is InChI=1S/C12H19NO3S3/c1-3-10-7-13(4-5-17-10)19(15,16)12-6-11(8-14)18-9(12)2/h6,10,14H,3-5,7-8H2,1-2H3. The summed E-state index contributed by atoms with van der Waals surface area (Å²) in [6.07, 6.45) is 0.987. The third kappa shape index (κ3) is 3.16. The highest BCUT2D eigenvalue weighted by molar-refractivity contribution is 8.00. The molecule has 1 atom stereocenters. The Morgan fingerprint density at radius 3 is 2.84 bits per heavy atom. The lowest BCUT2D eigenvalue weighted by Crippen LogP contribution is -2.41. The van der Waals surface area contributed by atoms with E-state index < -0.39 is 10.0 Å². The summed E-state index contributed by atoms with van der Waals surface area (Å²) in [6.45, 7) is 4.95. The average molecular weight is 321 g/mol. The minimum absolute atomic E-state index is 0.103. The Kier molecular flexibility index (Phi) is 4.94. The highest BCUT2D eigenvalue weighted by Gasteiger charge is 2.31. The molecule has 0 saturated carbocycles. The molecule has 19 heavy (non-hydrogen) atoms. The maximum Gasteiger partial charge on any atom is 0.244 e. The van der Waals surface area contributed by atoms with Crippen molar-refractivity contribution >= 4 is 33.1 Å². The van der Waals surface area contributed by atoms with Gasteiger partial charge in [0.2, 0.25) is 10.0 Å². The van der Waals surface area contributed by atoms with Gasteiger partial charge in [0.05, 0.1) is 11.5 Å². The van der Waals surface area contributed by atoms with Crippen LogP contribution in [-0.2, 0) is 16.6 Å². The Labute approximate surface area is 122 Å². The zero-order valence-corrected chi connectivity index (χ0v) is 13.6. The molecule has 0 spiro atoms. The van der Waals surface area contributed by atoms with Gasteiger partial charge in [-0.3, -0.25) is 0 Å². The van der Waals surface area contributed by atoms with Crippen molar-refractivity contribution in [2.45, 2.75) is 37.0 Å². The van der Waals surface area contributed by atoms with Crippen LogP contribution < -0.4 is 0 Å². The predicted octanol–water partition coefficient (Wildman–Crippen LogP) is 2.06. The van der Waals surface area contributed by atoms with Gasteiger partial charge in [0.25, 0.3) is 0 Å². The third-order valence-electron chi connectivity index (χ3n) is 3.25. The summed E-state index contributed by atoms with van der Waals surface area (Å²) in [5.74, 6) is 0.855. The lowest BCUT2D eigenvalue weighted by Gasteiger charge is -2.31. The van der Waals surface area contributed by atoms with Gasteiger partial charge in [-0.05, 0) is 19.4 Å². The zero-order valence-electron chi connectivity index (χ0n) is 11.1. The van der Waals surface area contributed by atoms with Crippen LogP contribution in [0.4, 0.5) is 0 Å². The van der Waals surface area contributed by atoms with Crippen LogP contribution in [-0.4, -0.2) is 41.9 Å². The predicted molar refractivity (Wildman–Crippen MR) is 80.3 cm³/mol. The van der Waals surface area contributed by atoms with Crippen molar-refractivity contribution in [1.82, 2.24) is 4.31 Å². The molecular weight excluding hydrogens is 302 g/mol. The van der Waals surface area contributed by atoms with Crippen molar-refractivity contribution in [3.05, 3.63) is 15.8 Å². The molecule has 108 valence electrons. The molecule has 2 heterocycles. The number of thiophene rings is 1. The second-order valence-electron chi connectivity index (χ2n) is 4.56. The van der Waals surface area contributed by atoms with Gasteiger partial charge in [-0.1, -0.05) is 6.92 Å². The molecule has 0 aromatic carbocycles. The van der Waals surface area contributed by atoms with E-state index in [4.69, 9.17) is 5.11 Å². The van der Waals surface area contributed by atoms with Crippen LogP contribution in [0.3, 0.4) is 0 Å². The van der Waals surface area contributed by atoms with Gasteiger partial charge in [-0.15, -0.1) is 11.3 Å². The lowest BCUT2D eigenvalue weighted by molar-refractivity contribution is 0.285. The number of rotatable bonds is 4. The molecule has 1 aromatic rings. The van der Waals surface area contributed by atoms with E-state index in [0.29, 0.717) is 28.1 Å². The minimum Gasteiger partial charge on any atom is -0.391 e. The number of thioether (sulfide) groups is 1. The van der Waals surface area contributed by atoms with Crippen molar-refractivity contribution < 1.29 is 13.5 Å². The summed E-state index contributed by atoms with van der Waals surface area (Å²) in [6, 6.07) is 1.61. The first-order chi connectivity index (χ1) is 8.98. The maximum atomic E-state index is 12.6. The quantitative estimate of drug-likeness (QED) is 0.922. The molecular formula is C12H19NO3S3. The van der Waals surface area contributed by atoms with Crippen molar-refractivity contribution in [2.75, 3.05) is 18.8 Å². The molecule has 1 aliphatic heterocycles. The van der Waals surface area contributed by atoms with Crippen molar-refractivity contribution in [3.63, 3.8) is 0 Å². The highest BCUT2D eigenvalue weighted by Crippen LogP contribution is 2.31. The molecule has 1 aliphatic rings. The molecule has 4 nitrogen and oxygen atoms in total. The van der Waals surface area contributed by atoms with Gasteiger partial charge in [0, 0.05) is 33.8 Å². The van der Waals surface area contributed by atoms with E-state index in [-0.39, 0.29) is 6.61 Å². The van der Waals surface area contributed by atoms with E-state index in [9.17, 15) is 8.42 Å². The molecule has 0 aliphatic carbocycles. The van der Waals surface area contributed by atoms with E-state index >= 15 is 0 Å². The molecule has 0 amide bonds. The van der Waals surface area contributed by atoms with Crippen LogP contribution in [0.25, 0.3) is 0 Å². The van der Waals surface area contributed by atoms with Crippen LogP contribution in [0, 0.1) is 6.92 Å². The van der Waals surface area contributed by atoms with E-state index in [1.807, 2.05) is 11.8 Å². The number of hydrogen-bond donors (Lipinski definition) is 1. The van der Waals surface area contributed by atoms with Crippen LogP contribution in [0.1, 0.15) is 23.1 Å². The molecule has 1 aromatic heterocycles. The van der Waals surface area contributed by atoms with Gasteiger partial charge in [-0.25, -0.2) is 8.42 Å². The maximum absolute atomic E-state index is 12.6. The highest BCUT2D eigenvalue weighted by atomic mass is 32.2. The topological polar surface area (TPSA) is 57.6 Å². The van der Waals surface area contributed by atoms with Gasteiger partial charge in [-0.2, -0.15) is 16.1 Å². The Balaban J connectivity index is 2.28. The molecule has 1 saturated heterocycles. The molecule has 7 heteroatoms. The minimum atomic E-state index is -3.41. The Bertz CT molecular complexity index is 538. The SMILES string of the molecule is CCC1CN(S(=O)(=O)c2cc(CO)sc2C)CCS1. The fourth-order valence-corrected chi connectivity index (χ4v) is 6.50. The van der Waals surface area contributed by atoms with Gasteiger partial charge < -0.3 is 5.11 Å². The number of hydrogen-bond acceptors (Lipinski definition) is 5. The molecule has 0 radical (unpaired) electrons. The number of aryl methyl sites for hydroxylation is 1. The number of aliphatic hydroxyl groups excluding tert-OH is 1. The molecule has 1 unspecified atom stereocenters. The summed E-state index contributed by atoms with van der Waals surface area (Å²) in [4.78, 5) is 1.83. The summed E-state index contributed by atoms with van der Waals surface area (Å²) in [5, 5.41) is 9.52. The Morgan fingerprint density at radius 1 is 1.53 bits per heavy atom. The first-order valence-electron chi connectivity index (χ1n) is 6.31. The van der Waals surface area contributed by atoms with E-state index in [1.165, 1.54) is 11.3 Å². The van der Waals surface area contributed by atoms with E-state index in [1.54, 1.807) is 17.3 Å². The fraction of sp³-hybridized carbons (Fsp3) is 0.667. The molecule has 1 N–H and O–H groups in total. The first-order valence-corrected chi connectivity index (χ1v) is 9.61. The average Bonchev–Trinajstić information content (AvgIpc) is 2.81. The van der Waals surface area contributed by atoms with Gasteiger partial charge in [0.1, 0.15) is 0 Å². The zero-order chi connectivity index (χ0) is 14.0. The van der Waals surface area contributed by atoms with E-state index in [2.05, 4.69) is 6.92 Å². The van der Waals surface area contributed by atoms with Crippen LogP contribution in [0.15, 0.2) is 11.0 Å². The van der Waals surface area contributed by atoms with Gasteiger partial charge >= 0.3 is 0 Å². The summed E-state index contributed by atoms with van der Waals surface area (Å²) >= 11 is 3.20. The van der Waals surface area contributed by atoms with Gasteiger partial charge in [0.15, 0.2) is 0 Å². The van der Waals surface area contributed by atoms with Crippen LogP contribution >= 0.6 is 23.1 Å². The normalized spacial score (nSPS) is 21.7. The first kappa shape index (κ1) is 15.3. The van der Waals surface area contributed by atoms with Crippen molar-refractivity contribution in [3.8, 4) is 0 Å². The molecule has 0 bridgehead atoms. The van der Waals surface area contributed by atoms with Crippen LogP contribution in [0.5, 0.6) is 0 Å². The second-order valence-corrected chi connectivity index (χ2v) is 9.21. The van der Waals surface area contributed by atoms with E-state index in [0.717, 1.165) is 17.1 Å². The molecule has 1 fully saturated rings. The Morgan fingerprint density at radius 2 is 2.26 bits per heavy atom.